The van der Waals surface area contributed by atoms with Crippen molar-refractivity contribution in [2.45, 2.75) is 90.4 Å². The normalized spacial score (nSPS) is 35.2. The third-order valence-corrected chi connectivity index (χ3v) is 5.27. The summed E-state index contributed by atoms with van der Waals surface area (Å²) in [5.41, 5.74) is 0. The maximum Gasteiger partial charge on any atom is 0.0675 e. The largest absolute Gasteiger partial charge is 0.374 e. The first-order valence-electron chi connectivity index (χ1n) is 8.54. The van der Waals surface area contributed by atoms with Gasteiger partial charge < -0.3 is 10.1 Å². The number of nitrogens with one attached hydrogen (secondary N) is 1. The third-order valence-electron chi connectivity index (χ3n) is 5.27. The van der Waals surface area contributed by atoms with Crippen LogP contribution < -0.4 is 5.32 Å². The Hall–Kier alpha value is -0.0800. The van der Waals surface area contributed by atoms with E-state index >= 15 is 0 Å². The van der Waals surface area contributed by atoms with E-state index in [0.717, 1.165) is 24.4 Å². The summed E-state index contributed by atoms with van der Waals surface area (Å²) in [6.07, 6.45) is 11.7. The molecule has 0 aromatic heterocycles. The van der Waals surface area contributed by atoms with Gasteiger partial charge in [0.2, 0.25) is 0 Å². The van der Waals surface area contributed by atoms with Crippen LogP contribution in [0.15, 0.2) is 0 Å². The second-order valence-corrected chi connectivity index (χ2v) is 7.08. The third kappa shape index (κ3) is 5.07. The Morgan fingerprint density at radius 1 is 1.00 bits per heavy atom. The van der Waals surface area contributed by atoms with Gasteiger partial charge in [-0.3, -0.25) is 0 Å². The number of hydrogen-bond acceptors (Lipinski definition) is 2. The fourth-order valence-electron chi connectivity index (χ4n) is 3.64. The average molecular weight is 267 g/mol. The first kappa shape index (κ1) is 15.3. The maximum atomic E-state index is 6.24. The van der Waals surface area contributed by atoms with Gasteiger partial charge in [0.25, 0.3) is 0 Å². The quantitative estimate of drug-likeness (QED) is 0.808. The first-order chi connectivity index (χ1) is 9.15. The van der Waals surface area contributed by atoms with E-state index in [2.05, 4.69) is 26.1 Å². The van der Waals surface area contributed by atoms with E-state index in [0.29, 0.717) is 12.2 Å². The van der Waals surface area contributed by atoms with E-state index in [9.17, 15) is 0 Å². The van der Waals surface area contributed by atoms with Gasteiger partial charge in [-0.05, 0) is 50.9 Å². The Bertz CT molecular complexity index is 250. The van der Waals surface area contributed by atoms with Gasteiger partial charge >= 0.3 is 0 Å². The maximum absolute atomic E-state index is 6.24. The van der Waals surface area contributed by atoms with Crippen molar-refractivity contribution in [1.82, 2.24) is 5.32 Å². The molecule has 0 aromatic carbocycles. The van der Waals surface area contributed by atoms with E-state index in [1.807, 2.05) is 0 Å². The molecule has 0 radical (unpaired) electrons. The number of hydrogen-bond donors (Lipinski definition) is 1. The van der Waals surface area contributed by atoms with Crippen LogP contribution in [0.25, 0.3) is 0 Å². The predicted octanol–water partition coefficient (Wildman–Crippen LogP) is 4.14. The molecular formula is C17H33NO. The van der Waals surface area contributed by atoms with Crippen molar-refractivity contribution in [3.8, 4) is 0 Å². The van der Waals surface area contributed by atoms with Gasteiger partial charge in [-0.1, -0.05) is 33.1 Å². The molecule has 2 aliphatic carbocycles. The Balaban J connectivity index is 1.62. The van der Waals surface area contributed by atoms with Gasteiger partial charge in [-0.2, -0.15) is 0 Å². The molecule has 0 aliphatic heterocycles. The smallest absolute Gasteiger partial charge is 0.0675 e. The van der Waals surface area contributed by atoms with Crippen LogP contribution in [-0.4, -0.2) is 24.8 Å². The molecule has 2 saturated carbocycles. The minimum atomic E-state index is 0.368. The molecule has 0 saturated heterocycles. The van der Waals surface area contributed by atoms with Crippen molar-refractivity contribution in [3.63, 3.8) is 0 Å². The van der Waals surface area contributed by atoms with Crippen molar-refractivity contribution < 1.29 is 4.74 Å². The van der Waals surface area contributed by atoms with Crippen LogP contribution in [-0.2, 0) is 4.74 Å². The lowest BCUT2D eigenvalue weighted by atomic mass is 9.80. The van der Waals surface area contributed by atoms with Crippen LogP contribution in [0, 0.1) is 11.8 Å². The molecule has 0 heterocycles. The van der Waals surface area contributed by atoms with Gasteiger partial charge in [-0.25, -0.2) is 0 Å². The number of rotatable bonds is 5. The molecule has 2 rings (SSSR count). The second-order valence-electron chi connectivity index (χ2n) is 7.08. The van der Waals surface area contributed by atoms with Crippen molar-refractivity contribution in [3.05, 3.63) is 0 Å². The number of ether oxygens (including phenoxy) is 1. The lowest BCUT2D eigenvalue weighted by molar-refractivity contribution is -0.0395. The second kappa shape index (κ2) is 7.64. The van der Waals surface area contributed by atoms with Crippen molar-refractivity contribution >= 4 is 0 Å². The summed E-state index contributed by atoms with van der Waals surface area (Å²) < 4.78 is 6.24. The van der Waals surface area contributed by atoms with Gasteiger partial charge in [0.05, 0.1) is 12.2 Å². The molecule has 2 nitrogen and oxygen atoms in total. The summed E-state index contributed by atoms with van der Waals surface area (Å²) in [6, 6.07) is 0.755. The highest BCUT2D eigenvalue weighted by atomic mass is 16.5. The van der Waals surface area contributed by atoms with Crippen LogP contribution in [0.1, 0.15) is 72.1 Å². The highest BCUT2D eigenvalue weighted by Crippen LogP contribution is 2.31. The van der Waals surface area contributed by atoms with Gasteiger partial charge in [-0.15, -0.1) is 0 Å². The predicted molar refractivity (Wildman–Crippen MR) is 81.4 cm³/mol. The summed E-state index contributed by atoms with van der Waals surface area (Å²) in [5, 5.41) is 3.71. The van der Waals surface area contributed by atoms with E-state index in [1.54, 1.807) is 0 Å². The Kier molecular flexibility index (Phi) is 6.15. The van der Waals surface area contributed by atoms with Crippen molar-refractivity contribution in [2.75, 3.05) is 6.54 Å². The fourth-order valence-corrected chi connectivity index (χ4v) is 3.64. The molecule has 0 spiro atoms. The van der Waals surface area contributed by atoms with Crippen LogP contribution >= 0.6 is 0 Å². The SMILES string of the molecule is CC(CNC1CCCCC1)OC1CCC(C)C(C)C1. The summed E-state index contributed by atoms with van der Waals surface area (Å²) >= 11 is 0. The molecule has 4 atom stereocenters. The highest BCUT2D eigenvalue weighted by molar-refractivity contribution is 4.77. The van der Waals surface area contributed by atoms with E-state index in [-0.39, 0.29) is 0 Å². The molecule has 2 aliphatic rings. The summed E-state index contributed by atoms with van der Waals surface area (Å²) in [4.78, 5) is 0. The monoisotopic (exact) mass is 267 g/mol. The topological polar surface area (TPSA) is 21.3 Å². The lowest BCUT2D eigenvalue weighted by Gasteiger charge is -2.34. The molecule has 19 heavy (non-hydrogen) atoms. The molecule has 2 fully saturated rings. The molecule has 1 N–H and O–H groups in total. The zero-order chi connectivity index (χ0) is 13.7. The molecule has 112 valence electrons. The summed E-state index contributed by atoms with van der Waals surface area (Å²) in [7, 11) is 0. The standard InChI is InChI=1S/C17H33NO/c1-13-9-10-17(11-14(13)2)19-15(3)12-18-16-7-5-4-6-8-16/h13-18H,4-12H2,1-3H3. The highest BCUT2D eigenvalue weighted by Gasteiger charge is 2.26. The van der Waals surface area contributed by atoms with E-state index in [4.69, 9.17) is 4.74 Å². The molecule has 4 unspecified atom stereocenters. The molecule has 2 heteroatoms. The van der Waals surface area contributed by atoms with Gasteiger partial charge in [0, 0.05) is 12.6 Å². The van der Waals surface area contributed by atoms with Crippen LogP contribution in [0.3, 0.4) is 0 Å². The Morgan fingerprint density at radius 2 is 1.74 bits per heavy atom. The zero-order valence-electron chi connectivity index (χ0n) is 13.2. The molecule has 0 aromatic rings. The van der Waals surface area contributed by atoms with Gasteiger partial charge in [0.15, 0.2) is 0 Å². The van der Waals surface area contributed by atoms with Crippen molar-refractivity contribution in [2.24, 2.45) is 11.8 Å². The fraction of sp³-hybridized carbons (Fsp3) is 1.00. The summed E-state index contributed by atoms with van der Waals surface area (Å²) in [6.45, 7) is 8.03. The first-order valence-corrected chi connectivity index (χ1v) is 8.54. The Morgan fingerprint density at radius 3 is 2.42 bits per heavy atom. The van der Waals surface area contributed by atoms with Crippen LogP contribution in [0.5, 0.6) is 0 Å². The lowest BCUT2D eigenvalue weighted by Crippen LogP contribution is -2.39. The average Bonchev–Trinajstić information content (AvgIpc) is 2.42. The van der Waals surface area contributed by atoms with E-state index in [1.165, 1.54) is 51.4 Å². The zero-order valence-corrected chi connectivity index (χ0v) is 13.2. The van der Waals surface area contributed by atoms with Crippen molar-refractivity contribution in [1.29, 1.82) is 0 Å². The van der Waals surface area contributed by atoms with Gasteiger partial charge in [0.1, 0.15) is 0 Å². The Labute approximate surface area is 119 Å². The van der Waals surface area contributed by atoms with E-state index < -0.39 is 0 Å². The molecule has 0 bridgehead atoms. The summed E-state index contributed by atoms with van der Waals surface area (Å²) in [5.74, 6) is 1.72. The van der Waals surface area contributed by atoms with Crippen LogP contribution in [0.2, 0.25) is 0 Å². The minimum Gasteiger partial charge on any atom is -0.374 e. The van der Waals surface area contributed by atoms with Crippen LogP contribution in [0.4, 0.5) is 0 Å². The molecular weight excluding hydrogens is 234 g/mol. The minimum absolute atomic E-state index is 0.368. The molecule has 0 amide bonds.